The number of nitrogens with zero attached hydrogens (tertiary/aromatic N) is 2. The lowest BCUT2D eigenvalue weighted by molar-refractivity contribution is 0.0996. The Bertz CT molecular complexity index is 417. The van der Waals surface area contributed by atoms with Crippen LogP contribution < -0.4 is 16.4 Å². The summed E-state index contributed by atoms with van der Waals surface area (Å²) in [6.07, 6.45) is 0. The minimum absolute atomic E-state index is 0.177. The molecule has 1 saturated heterocycles. The molecule has 0 radical (unpaired) electrons. The first kappa shape index (κ1) is 12.3. The summed E-state index contributed by atoms with van der Waals surface area (Å²) in [7, 11) is 0. The number of carbonyl (C=O) groups is 1. The molecule has 0 saturated carbocycles. The summed E-state index contributed by atoms with van der Waals surface area (Å²) in [6, 6.07) is 0.177. The number of amides is 1. The normalized spacial score (nSPS) is 24.6. The molecule has 0 aromatic carbocycles. The highest BCUT2D eigenvalue weighted by Crippen LogP contribution is 2.29. The fraction of sp³-hybridized carbons (Fsp3) is 0.636. The van der Waals surface area contributed by atoms with E-state index in [1.165, 1.54) is 11.3 Å². The van der Waals surface area contributed by atoms with Crippen LogP contribution in [0.1, 0.15) is 24.3 Å². The Balaban J connectivity index is 2.11. The number of nitrogens with two attached hydrogens (primary N) is 2. The number of primary amides is 1. The topological polar surface area (TPSA) is 85.2 Å². The second-order valence-electron chi connectivity index (χ2n) is 4.86. The molecule has 2 atom stereocenters. The standard InChI is InChI=1S/C11H18N4OS/c1-6(2)7-3-15(4-8(7)12)11-14-9(5-17-11)10(13)16/h5-8H,3-4,12H2,1-2H3,(H2,13,16)/t7-,8+/m1/s1. The first-order valence-electron chi connectivity index (χ1n) is 5.75. The Labute approximate surface area is 105 Å². The minimum atomic E-state index is -0.476. The molecule has 4 N–H and O–H groups in total. The van der Waals surface area contributed by atoms with Crippen molar-refractivity contribution >= 4 is 22.4 Å². The fourth-order valence-electron chi connectivity index (χ4n) is 2.24. The third-order valence-corrected chi connectivity index (χ3v) is 4.19. The molecule has 0 unspecified atom stereocenters. The molecule has 0 spiro atoms. The number of carbonyl (C=O) groups excluding carboxylic acids is 1. The highest BCUT2D eigenvalue weighted by molar-refractivity contribution is 7.13. The summed E-state index contributed by atoms with van der Waals surface area (Å²) in [4.78, 5) is 17.4. The van der Waals surface area contributed by atoms with Crippen molar-refractivity contribution in [3.05, 3.63) is 11.1 Å². The number of rotatable bonds is 3. The van der Waals surface area contributed by atoms with Crippen LogP contribution in [-0.2, 0) is 0 Å². The Hall–Kier alpha value is -1.14. The van der Waals surface area contributed by atoms with Crippen molar-refractivity contribution in [1.29, 1.82) is 0 Å². The molecular formula is C11H18N4OS. The average Bonchev–Trinajstić information content (AvgIpc) is 2.82. The number of hydrogen-bond acceptors (Lipinski definition) is 5. The maximum absolute atomic E-state index is 11.0. The molecule has 2 rings (SSSR count). The number of thiazole rings is 1. The van der Waals surface area contributed by atoms with Crippen LogP contribution in [0.5, 0.6) is 0 Å². The van der Waals surface area contributed by atoms with Crippen molar-refractivity contribution in [3.63, 3.8) is 0 Å². The molecule has 1 aliphatic heterocycles. The van der Waals surface area contributed by atoms with Gasteiger partial charge in [0.2, 0.25) is 0 Å². The van der Waals surface area contributed by atoms with E-state index >= 15 is 0 Å². The van der Waals surface area contributed by atoms with Crippen molar-refractivity contribution in [3.8, 4) is 0 Å². The summed E-state index contributed by atoms with van der Waals surface area (Å²) >= 11 is 1.45. The van der Waals surface area contributed by atoms with Gasteiger partial charge in [0, 0.05) is 24.5 Å². The van der Waals surface area contributed by atoms with Crippen LogP contribution in [0.3, 0.4) is 0 Å². The van der Waals surface area contributed by atoms with E-state index in [0.29, 0.717) is 17.5 Å². The van der Waals surface area contributed by atoms with Crippen LogP contribution in [0, 0.1) is 11.8 Å². The summed E-state index contributed by atoms with van der Waals surface area (Å²) in [5.41, 5.74) is 11.6. The van der Waals surface area contributed by atoms with E-state index < -0.39 is 5.91 Å². The predicted molar refractivity (Wildman–Crippen MR) is 69.1 cm³/mol. The van der Waals surface area contributed by atoms with Crippen LogP contribution in [-0.4, -0.2) is 30.0 Å². The highest BCUT2D eigenvalue weighted by Gasteiger charge is 2.33. The highest BCUT2D eigenvalue weighted by atomic mass is 32.1. The zero-order valence-electron chi connectivity index (χ0n) is 10.1. The summed E-state index contributed by atoms with van der Waals surface area (Å²) in [6.45, 7) is 6.08. The van der Waals surface area contributed by atoms with Gasteiger partial charge in [-0.25, -0.2) is 4.98 Å². The van der Waals surface area contributed by atoms with Gasteiger partial charge in [0.05, 0.1) is 0 Å². The van der Waals surface area contributed by atoms with Gasteiger partial charge in [-0.15, -0.1) is 11.3 Å². The Morgan fingerprint density at radius 2 is 2.29 bits per heavy atom. The average molecular weight is 254 g/mol. The van der Waals surface area contributed by atoms with Crippen molar-refractivity contribution in [2.24, 2.45) is 23.3 Å². The molecule has 94 valence electrons. The quantitative estimate of drug-likeness (QED) is 0.830. The van der Waals surface area contributed by atoms with Gasteiger partial charge in [0.15, 0.2) is 5.13 Å². The van der Waals surface area contributed by atoms with Crippen LogP contribution in [0.15, 0.2) is 5.38 Å². The molecule has 1 aliphatic rings. The summed E-state index contributed by atoms with van der Waals surface area (Å²) in [5, 5.41) is 2.55. The maximum atomic E-state index is 11.0. The van der Waals surface area contributed by atoms with Gasteiger partial charge in [-0.1, -0.05) is 13.8 Å². The number of anilines is 1. The molecule has 0 aliphatic carbocycles. The van der Waals surface area contributed by atoms with E-state index in [0.717, 1.165) is 18.2 Å². The van der Waals surface area contributed by atoms with Gasteiger partial charge >= 0.3 is 0 Å². The van der Waals surface area contributed by atoms with Gasteiger partial charge in [0.25, 0.3) is 5.91 Å². The van der Waals surface area contributed by atoms with Gasteiger partial charge in [0.1, 0.15) is 5.69 Å². The van der Waals surface area contributed by atoms with Crippen LogP contribution in [0.4, 0.5) is 5.13 Å². The smallest absolute Gasteiger partial charge is 0.268 e. The van der Waals surface area contributed by atoms with Crippen LogP contribution in [0.2, 0.25) is 0 Å². The lowest BCUT2D eigenvalue weighted by atomic mass is 9.92. The molecule has 5 nitrogen and oxygen atoms in total. The zero-order chi connectivity index (χ0) is 12.6. The second kappa shape index (κ2) is 4.62. The minimum Gasteiger partial charge on any atom is -0.364 e. The second-order valence-corrected chi connectivity index (χ2v) is 5.69. The molecule has 6 heteroatoms. The Morgan fingerprint density at radius 1 is 1.59 bits per heavy atom. The van der Waals surface area contributed by atoms with E-state index in [4.69, 9.17) is 11.5 Å². The van der Waals surface area contributed by atoms with Gasteiger partial charge in [-0.3, -0.25) is 4.79 Å². The fourth-order valence-corrected chi connectivity index (χ4v) is 3.07. The summed E-state index contributed by atoms with van der Waals surface area (Å²) < 4.78 is 0. The monoisotopic (exact) mass is 254 g/mol. The van der Waals surface area contributed by atoms with E-state index in [2.05, 4.69) is 23.7 Å². The predicted octanol–water partition coefficient (Wildman–Crippen LogP) is 0.662. The van der Waals surface area contributed by atoms with Crippen molar-refractivity contribution in [1.82, 2.24) is 4.98 Å². The van der Waals surface area contributed by atoms with Gasteiger partial charge in [-0.05, 0) is 11.8 Å². The first-order valence-corrected chi connectivity index (χ1v) is 6.63. The molecular weight excluding hydrogens is 236 g/mol. The van der Waals surface area contributed by atoms with E-state index in [-0.39, 0.29) is 6.04 Å². The lowest BCUT2D eigenvalue weighted by Gasteiger charge is -2.17. The SMILES string of the molecule is CC(C)[C@H]1CN(c2nc(C(N)=O)cs2)C[C@@H]1N. The molecule has 17 heavy (non-hydrogen) atoms. The largest absolute Gasteiger partial charge is 0.364 e. The number of hydrogen-bond donors (Lipinski definition) is 2. The molecule has 1 amide bonds. The molecule has 1 aromatic heterocycles. The zero-order valence-corrected chi connectivity index (χ0v) is 10.9. The third-order valence-electron chi connectivity index (χ3n) is 3.28. The first-order chi connectivity index (χ1) is 7.99. The Morgan fingerprint density at radius 3 is 2.76 bits per heavy atom. The van der Waals surface area contributed by atoms with Crippen molar-refractivity contribution < 1.29 is 4.79 Å². The molecule has 0 bridgehead atoms. The molecule has 1 aromatic rings. The molecule has 2 heterocycles. The van der Waals surface area contributed by atoms with E-state index in [9.17, 15) is 4.79 Å². The lowest BCUT2D eigenvalue weighted by Crippen LogP contribution is -2.32. The number of aromatic nitrogens is 1. The van der Waals surface area contributed by atoms with Crippen molar-refractivity contribution in [2.75, 3.05) is 18.0 Å². The van der Waals surface area contributed by atoms with Crippen molar-refractivity contribution in [2.45, 2.75) is 19.9 Å². The van der Waals surface area contributed by atoms with E-state index in [1.807, 2.05) is 0 Å². The van der Waals surface area contributed by atoms with Crippen LogP contribution in [0.25, 0.3) is 0 Å². The van der Waals surface area contributed by atoms with Gasteiger partial charge in [-0.2, -0.15) is 0 Å². The maximum Gasteiger partial charge on any atom is 0.268 e. The Kier molecular flexibility index (Phi) is 3.35. The van der Waals surface area contributed by atoms with Gasteiger partial charge < -0.3 is 16.4 Å². The third kappa shape index (κ3) is 2.42. The molecule has 1 fully saturated rings. The van der Waals surface area contributed by atoms with Crippen LogP contribution >= 0.6 is 11.3 Å². The van der Waals surface area contributed by atoms with E-state index in [1.54, 1.807) is 5.38 Å². The summed E-state index contributed by atoms with van der Waals surface area (Å²) in [5.74, 6) is 0.568.